The molecule has 0 atom stereocenters. The highest BCUT2D eigenvalue weighted by Crippen LogP contribution is 2.32. The standard InChI is InChI=1S/C16H27NO4/c18-14(17-11-13-6-2-1-3-7-13)12-21-15(19)10-16(20)8-4-5-9-16/h13,20H,1-12H2,(H,17,18). The molecule has 0 heterocycles. The van der Waals surface area contributed by atoms with Gasteiger partial charge in [0.25, 0.3) is 5.91 Å². The Morgan fingerprint density at radius 1 is 1.10 bits per heavy atom. The van der Waals surface area contributed by atoms with Crippen LogP contribution in [0.2, 0.25) is 0 Å². The predicted molar refractivity (Wildman–Crippen MR) is 78.6 cm³/mol. The zero-order valence-electron chi connectivity index (χ0n) is 12.7. The van der Waals surface area contributed by atoms with Crippen LogP contribution in [0.3, 0.4) is 0 Å². The Morgan fingerprint density at radius 2 is 1.76 bits per heavy atom. The van der Waals surface area contributed by atoms with Gasteiger partial charge in [0, 0.05) is 6.54 Å². The van der Waals surface area contributed by atoms with Gasteiger partial charge in [0.1, 0.15) is 0 Å². The minimum atomic E-state index is -0.907. The zero-order valence-corrected chi connectivity index (χ0v) is 12.7. The van der Waals surface area contributed by atoms with E-state index in [-0.39, 0.29) is 18.9 Å². The van der Waals surface area contributed by atoms with Gasteiger partial charge in [0.2, 0.25) is 0 Å². The van der Waals surface area contributed by atoms with E-state index in [1.54, 1.807) is 0 Å². The molecule has 5 heteroatoms. The van der Waals surface area contributed by atoms with Crippen molar-refractivity contribution in [1.82, 2.24) is 5.32 Å². The number of ether oxygens (including phenoxy) is 1. The van der Waals surface area contributed by atoms with Crippen LogP contribution in [0.25, 0.3) is 0 Å². The van der Waals surface area contributed by atoms with Gasteiger partial charge in [-0.3, -0.25) is 9.59 Å². The van der Waals surface area contributed by atoms with E-state index in [0.29, 0.717) is 25.3 Å². The number of nitrogens with one attached hydrogen (secondary N) is 1. The highest BCUT2D eigenvalue weighted by Gasteiger charge is 2.34. The molecule has 0 aromatic heterocycles. The van der Waals surface area contributed by atoms with Gasteiger partial charge in [0.05, 0.1) is 12.0 Å². The van der Waals surface area contributed by atoms with Crippen molar-refractivity contribution in [2.75, 3.05) is 13.2 Å². The molecule has 0 aliphatic heterocycles. The fraction of sp³-hybridized carbons (Fsp3) is 0.875. The van der Waals surface area contributed by atoms with Gasteiger partial charge in [-0.05, 0) is 31.6 Å². The Labute approximate surface area is 126 Å². The summed E-state index contributed by atoms with van der Waals surface area (Å²) in [7, 11) is 0. The SMILES string of the molecule is O=C(COC(=O)CC1(O)CCCC1)NCC1CCCCC1. The monoisotopic (exact) mass is 297 g/mol. The summed E-state index contributed by atoms with van der Waals surface area (Å²) in [6.45, 7) is 0.446. The van der Waals surface area contributed by atoms with Crippen LogP contribution in [0, 0.1) is 5.92 Å². The van der Waals surface area contributed by atoms with Crippen molar-refractivity contribution in [2.24, 2.45) is 5.92 Å². The lowest BCUT2D eigenvalue weighted by atomic mass is 9.89. The summed E-state index contributed by atoms with van der Waals surface area (Å²) in [6.07, 6.45) is 9.33. The van der Waals surface area contributed by atoms with E-state index in [9.17, 15) is 14.7 Å². The van der Waals surface area contributed by atoms with Crippen LogP contribution >= 0.6 is 0 Å². The van der Waals surface area contributed by atoms with Crippen LogP contribution in [0.4, 0.5) is 0 Å². The largest absolute Gasteiger partial charge is 0.455 e. The van der Waals surface area contributed by atoms with Gasteiger partial charge >= 0.3 is 5.97 Å². The van der Waals surface area contributed by atoms with E-state index in [0.717, 1.165) is 12.8 Å². The second kappa shape index (κ2) is 7.78. The van der Waals surface area contributed by atoms with E-state index < -0.39 is 11.6 Å². The van der Waals surface area contributed by atoms with Gasteiger partial charge in [-0.1, -0.05) is 32.1 Å². The molecule has 0 bridgehead atoms. The second-order valence-corrected chi connectivity index (χ2v) is 6.58. The minimum absolute atomic E-state index is 0.00288. The van der Waals surface area contributed by atoms with Crippen molar-refractivity contribution < 1.29 is 19.4 Å². The Bertz CT molecular complexity index is 357. The van der Waals surface area contributed by atoms with E-state index in [4.69, 9.17) is 4.74 Å². The first kappa shape index (κ1) is 16.3. The maximum atomic E-state index is 11.7. The van der Waals surface area contributed by atoms with E-state index >= 15 is 0 Å². The third-order valence-corrected chi connectivity index (χ3v) is 4.68. The molecule has 2 N–H and O–H groups in total. The molecule has 2 rings (SSSR count). The Kier molecular flexibility index (Phi) is 6.03. The molecule has 0 aromatic carbocycles. The number of carbonyl (C=O) groups is 2. The normalized spacial score (nSPS) is 22.0. The molecule has 5 nitrogen and oxygen atoms in total. The molecule has 2 saturated carbocycles. The topological polar surface area (TPSA) is 75.6 Å². The number of hydrogen-bond donors (Lipinski definition) is 2. The lowest BCUT2D eigenvalue weighted by molar-refractivity contribution is -0.153. The minimum Gasteiger partial charge on any atom is -0.455 e. The molecule has 0 spiro atoms. The molecular formula is C16H27NO4. The van der Waals surface area contributed by atoms with Crippen LogP contribution in [-0.4, -0.2) is 35.7 Å². The number of amides is 1. The fourth-order valence-corrected chi connectivity index (χ4v) is 3.38. The molecule has 2 aliphatic carbocycles. The first-order valence-corrected chi connectivity index (χ1v) is 8.22. The summed E-state index contributed by atoms with van der Waals surface area (Å²) < 4.78 is 4.96. The molecule has 120 valence electrons. The van der Waals surface area contributed by atoms with Gasteiger partial charge < -0.3 is 15.2 Å². The average Bonchev–Trinajstić information content (AvgIpc) is 2.90. The van der Waals surface area contributed by atoms with Crippen LogP contribution in [0.5, 0.6) is 0 Å². The molecule has 1 amide bonds. The quantitative estimate of drug-likeness (QED) is 0.734. The maximum Gasteiger partial charge on any atom is 0.309 e. The molecule has 2 fully saturated rings. The predicted octanol–water partition coefficient (Wildman–Crippen LogP) is 1.92. The summed E-state index contributed by atoms with van der Waals surface area (Å²) >= 11 is 0. The van der Waals surface area contributed by atoms with Gasteiger partial charge in [-0.2, -0.15) is 0 Å². The highest BCUT2D eigenvalue weighted by atomic mass is 16.5. The summed E-state index contributed by atoms with van der Waals surface area (Å²) in [5.41, 5.74) is -0.907. The number of esters is 1. The first-order valence-electron chi connectivity index (χ1n) is 8.22. The summed E-state index contributed by atoms with van der Waals surface area (Å²) in [4.78, 5) is 23.3. The van der Waals surface area contributed by atoms with Crippen molar-refractivity contribution in [2.45, 2.75) is 69.8 Å². The fourth-order valence-electron chi connectivity index (χ4n) is 3.38. The number of carbonyl (C=O) groups excluding carboxylic acids is 2. The van der Waals surface area contributed by atoms with Crippen LogP contribution < -0.4 is 5.32 Å². The van der Waals surface area contributed by atoms with E-state index in [1.165, 1.54) is 32.1 Å². The van der Waals surface area contributed by atoms with E-state index in [2.05, 4.69) is 5.32 Å². The summed E-state index contributed by atoms with van der Waals surface area (Å²) in [5, 5.41) is 12.9. The lowest BCUT2D eigenvalue weighted by Crippen LogP contribution is -2.35. The summed E-state index contributed by atoms with van der Waals surface area (Å²) in [6, 6.07) is 0. The number of aliphatic hydroxyl groups is 1. The maximum absolute atomic E-state index is 11.7. The molecule has 0 saturated heterocycles. The van der Waals surface area contributed by atoms with Crippen LogP contribution in [0.15, 0.2) is 0 Å². The third-order valence-electron chi connectivity index (χ3n) is 4.68. The highest BCUT2D eigenvalue weighted by molar-refractivity contribution is 5.80. The zero-order chi connectivity index (χ0) is 15.1. The van der Waals surface area contributed by atoms with Crippen molar-refractivity contribution >= 4 is 11.9 Å². The molecule has 2 aliphatic rings. The molecule has 0 radical (unpaired) electrons. The number of rotatable bonds is 6. The van der Waals surface area contributed by atoms with Crippen molar-refractivity contribution in [3.8, 4) is 0 Å². The molecule has 0 aromatic rings. The van der Waals surface area contributed by atoms with Crippen molar-refractivity contribution in [3.05, 3.63) is 0 Å². The van der Waals surface area contributed by atoms with Crippen LogP contribution in [-0.2, 0) is 14.3 Å². The summed E-state index contributed by atoms with van der Waals surface area (Å²) in [5.74, 6) is -0.155. The smallest absolute Gasteiger partial charge is 0.309 e. The third kappa shape index (κ3) is 5.65. The first-order chi connectivity index (χ1) is 10.1. The van der Waals surface area contributed by atoms with Crippen molar-refractivity contribution in [3.63, 3.8) is 0 Å². The van der Waals surface area contributed by atoms with E-state index in [1.807, 2.05) is 0 Å². The second-order valence-electron chi connectivity index (χ2n) is 6.58. The van der Waals surface area contributed by atoms with Gasteiger partial charge in [0.15, 0.2) is 6.61 Å². The Morgan fingerprint density at radius 3 is 2.43 bits per heavy atom. The van der Waals surface area contributed by atoms with Crippen LogP contribution in [0.1, 0.15) is 64.2 Å². The molecular weight excluding hydrogens is 270 g/mol. The Balaban J connectivity index is 1.58. The van der Waals surface area contributed by atoms with Gasteiger partial charge in [-0.25, -0.2) is 0 Å². The van der Waals surface area contributed by atoms with Crippen molar-refractivity contribution in [1.29, 1.82) is 0 Å². The number of hydrogen-bond acceptors (Lipinski definition) is 4. The average molecular weight is 297 g/mol. The molecule has 0 unspecified atom stereocenters. The van der Waals surface area contributed by atoms with Gasteiger partial charge in [-0.15, -0.1) is 0 Å². The Hall–Kier alpha value is -1.10. The lowest BCUT2D eigenvalue weighted by Gasteiger charge is -2.22. The molecule has 21 heavy (non-hydrogen) atoms.